The average molecular weight is 303 g/mol. The first-order chi connectivity index (χ1) is 8.10. The maximum atomic E-state index is 11.9. The third-order valence-corrected chi connectivity index (χ3v) is 3.08. The zero-order valence-electron chi connectivity index (χ0n) is 9.52. The van der Waals surface area contributed by atoms with E-state index in [9.17, 15) is 15.0 Å². The molecule has 4 nitrogen and oxygen atoms in total. The minimum atomic E-state index is -1.40. The molecule has 0 amide bonds. The van der Waals surface area contributed by atoms with Gasteiger partial charge in [-0.1, -0.05) is 28.1 Å². The molecule has 0 bridgehead atoms. The van der Waals surface area contributed by atoms with Crippen LogP contribution < -0.4 is 0 Å². The lowest BCUT2D eigenvalue weighted by Crippen LogP contribution is -2.44. The van der Waals surface area contributed by atoms with E-state index in [0.717, 1.165) is 4.47 Å². The minimum Gasteiger partial charge on any atom is -0.465 e. The van der Waals surface area contributed by atoms with Crippen molar-refractivity contribution >= 4 is 21.9 Å². The Kier molecular flexibility index (Phi) is 5.11. The van der Waals surface area contributed by atoms with Gasteiger partial charge in [0.15, 0.2) is 0 Å². The van der Waals surface area contributed by atoms with Gasteiger partial charge in [-0.25, -0.2) is 0 Å². The second-order valence-electron chi connectivity index (χ2n) is 3.63. The van der Waals surface area contributed by atoms with Gasteiger partial charge >= 0.3 is 5.97 Å². The predicted molar refractivity (Wildman–Crippen MR) is 66.6 cm³/mol. The van der Waals surface area contributed by atoms with Gasteiger partial charge in [0.05, 0.1) is 19.8 Å². The predicted octanol–water partition coefficient (Wildman–Crippen LogP) is 1.23. The molecule has 5 heteroatoms. The van der Waals surface area contributed by atoms with Gasteiger partial charge in [0.2, 0.25) is 0 Å². The highest BCUT2D eigenvalue weighted by molar-refractivity contribution is 9.10. The van der Waals surface area contributed by atoms with E-state index < -0.39 is 24.6 Å². The lowest BCUT2D eigenvalue weighted by molar-refractivity contribution is -0.154. The van der Waals surface area contributed by atoms with Crippen LogP contribution in [0.2, 0.25) is 0 Å². The fourth-order valence-electron chi connectivity index (χ4n) is 1.53. The molecule has 1 aromatic carbocycles. The minimum absolute atomic E-state index is 0.203. The van der Waals surface area contributed by atoms with Gasteiger partial charge in [0.1, 0.15) is 5.41 Å². The molecule has 2 N–H and O–H groups in total. The molecule has 0 fully saturated rings. The number of halogens is 1. The summed E-state index contributed by atoms with van der Waals surface area (Å²) in [5, 5.41) is 18.9. The number of ether oxygens (including phenoxy) is 1. The van der Waals surface area contributed by atoms with Crippen molar-refractivity contribution in [2.75, 3.05) is 19.8 Å². The van der Waals surface area contributed by atoms with Crippen LogP contribution in [0.25, 0.3) is 0 Å². The molecule has 0 aliphatic heterocycles. The quantitative estimate of drug-likeness (QED) is 0.803. The molecule has 0 unspecified atom stereocenters. The monoisotopic (exact) mass is 302 g/mol. The van der Waals surface area contributed by atoms with Crippen molar-refractivity contribution in [2.45, 2.75) is 12.3 Å². The SMILES string of the molecule is CCOC(=O)C(CO)(CO)c1cccc(Br)c1. The summed E-state index contributed by atoms with van der Waals surface area (Å²) in [6.07, 6.45) is 0. The number of carbonyl (C=O) groups is 1. The third-order valence-electron chi connectivity index (χ3n) is 2.58. The molecular formula is C12H15BrO4. The van der Waals surface area contributed by atoms with E-state index >= 15 is 0 Å². The van der Waals surface area contributed by atoms with Crippen LogP contribution >= 0.6 is 15.9 Å². The van der Waals surface area contributed by atoms with Crippen molar-refractivity contribution in [3.05, 3.63) is 34.3 Å². The van der Waals surface area contributed by atoms with E-state index in [2.05, 4.69) is 15.9 Å². The van der Waals surface area contributed by atoms with E-state index in [-0.39, 0.29) is 6.61 Å². The fraction of sp³-hybridized carbons (Fsp3) is 0.417. The first-order valence-corrected chi connectivity index (χ1v) is 6.05. The van der Waals surface area contributed by atoms with Crippen molar-refractivity contribution in [1.29, 1.82) is 0 Å². The highest BCUT2D eigenvalue weighted by atomic mass is 79.9. The molecule has 0 saturated carbocycles. The molecule has 0 atom stereocenters. The Morgan fingerprint density at radius 2 is 2.06 bits per heavy atom. The van der Waals surface area contributed by atoms with Gasteiger partial charge in [0, 0.05) is 4.47 Å². The zero-order chi connectivity index (χ0) is 12.9. The number of esters is 1. The summed E-state index contributed by atoms with van der Waals surface area (Å²) in [7, 11) is 0. The summed E-state index contributed by atoms with van der Waals surface area (Å²) in [6.45, 7) is 0.879. The molecule has 0 spiro atoms. The Labute approximate surface area is 108 Å². The smallest absolute Gasteiger partial charge is 0.321 e. The summed E-state index contributed by atoms with van der Waals surface area (Å²) in [5.74, 6) is -0.622. The molecule has 17 heavy (non-hydrogen) atoms. The Balaban J connectivity index is 3.19. The molecule has 0 radical (unpaired) electrons. The normalized spacial score (nSPS) is 11.3. The Bertz CT molecular complexity index is 388. The zero-order valence-corrected chi connectivity index (χ0v) is 11.1. The van der Waals surface area contributed by atoms with E-state index in [1.165, 1.54) is 0 Å². The number of hydrogen-bond acceptors (Lipinski definition) is 4. The summed E-state index contributed by atoms with van der Waals surface area (Å²) >= 11 is 3.29. The summed E-state index contributed by atoms with van der Waals surface area (Å²) in [6, 6.07) is 6.89. The highest BCUT2D eigenvalue weighted by Crippen LogP contribution is 2.27. The Hall–Kier alpha value is -0.910. The summed E-state index contributed by atoms with van der Waals surface area (Å²) in [5.41, 5.74) is -0.880. The molecule has 1 aromatic rings. The number of aliphatic hydroxyl groups is 2. The second kappa shape index (κ2) is 6.14. The lowest BCUT2D eigenvalue weighted by Gasteiger charge is -2.27. The van der Waals surface area contributed by atoms with Crippen LogP contribution in [0, 0.1) is 0 Å². The van der Waals surface area contributed by atoms with Crippen molar-refractivity contribution in [1.82, 2.24) is 0 Å². The summed E-state index contributed by atoms with van der Waals surface area (Å²) < 4.78 is 5.68. The molecule has 0 aromatic heterocycles. The van der Waals surface area contributed by atoms with Gasteiger partial charge in [-0.15, -0.1) is 0 Å². The van der Waals surface area contributed by atoms with Gasteiger partial charge in [-0.05, 0) is 24.6 Å². The molecule has 94 valence electrons. The Morgan fingerprint density at radius 3 is 2.53 bits per heavy atom. The van der Waals surface area contributed by atoms with Crippen molar-refractivity contribution in [2.24, 2.45) is 0 Å². The van der Waals surface area contributed by atoms with Crippen molar-refractivity contribution in [3.63, 3.8) is 0 Å². The van der Waals surface area contributed by atoms with E-state index in [1.807, 2.05) is 0 Å². The van der Waals surface area contributed by atoms with E-state index in [0.29, 0.717) is 5.56 Å². The number of carbonyl (C=O) groups excluding carboxylic acids is 1. The van der Waals surface area contributed by atoms with Gasteiger partial charge in [-0.2, -0.15) is 0 Å². The van der Waals surface area contributed by atoms with Crippen LogP contribution in [0.3, 0.4) is 0 Å². The van der Waals surface area contributed by atoms with Gasteiger partial charge in [-0.3, -0.25) is 4.79 Å². The molecular weight excluding hydrogens is 288 g/mol. The highest BCUT2D eigenvalue weighted by Gasteiger charge is 2.41. The molecule has 0 saturated heterocycles. The van der Waals surface area contributed by atoms with Crippen LogP contribution in [0.4, 0.5) is 0 Å². The first kappa shape index (κ1) is 14.2. The van der Waals surface area contributed by atoms with Crippen LogP contribution in [-0.4, -0.2) is 36.0 Å². The number of aliphatic hydroxyl groups excluding tert-OH is 2. The van der Waals surface area contributed by atoms with Gasteiger partial charge in [0.25, 0.3) is 0 Å². The maximum absolute atomic E-state index is 11.9. The first-order valence-electron chi connectivity index (χ1n) is 5.25. The lowest BCUT2D eigenvalue weighted by atomic mass is 9.82. The number of benzene rings is 1. The van der Waals surface area contributed by atoms with E-state index in [1.54, 1.807) is 31.2 Å². The topological polar surface area (TPSA) is 66.8 Å². The average Bonchev–Trinajstić information content (AvgIpc) is 2.32. The second-order valence-corrected chi connectivity index (χ2v) is 4.54. The standard InChI is InChI=1S/C12H15BrO4/c1-2-17-11(16)12(7-14,8-15)9-4-3-5-10(13)6-9/h3-6,14-15H,2,7-8H2,1H3. The van der Waals surface area contributed by atoms with Gasteiger partial charge < -0.3 is 14.9 Å². The van der Waals surface area contributed by atoms with Crippen LogP contribution in [0.5, 0.6) is 0 Å². The molecule has 1 rings (SSSR count). The molecule has 0 aliphatic carbocycles. The van der Waals surface area contributed by atoms with Crippen molar-refractivity contribution in [3.8, 4) is 0 Å². The number of rotatable bonds is 5. The Morgan fingerprint density at radius 1 is 1.41 bits per heavy atom. The van der Waals surface area contributed by atoms with E-state index in [4.69, 9.17) is 4.74 Å². The summed E-state index contributed by atoms with van der Waals surface area (Å²) in [4.78, 5) is 11.9. The van der Waals surface area contributed by atoms with Crippen LogP contribution in [-0.2, 0) is 14.9 Å². The van der Waals surface area contributed by atoms with Crippen LogP contribution in [0.1, 0.15) is 12.5 Å². The number of hydrogen-bond donors (Lipinski definition) is 2. The fourth-order valence-corrected chi connectivity index (χ4v) is 1.93. The molecule has 0 aliphatic rings. The van der Waals surface area contributed by atoms with Crippen LogP contribution in [0.15, 0.2) is 28.7 Å². The van der Waals surface area contributed by atoms with Crippen molar-refractivity contribution < 1.29 is 19.7 Å². The maximum Gasteiger partial charge on any atom is 0.321 e. The largest absolute Gasteiger partial charge is 0.465 e. The third kappa shape index (κ3) is 2.86. The molecule has 0 heterocycles.